The number of nitrogens with one attached hydrogen (secondary N) is 1. The lowest BCUT2D eigenvalue weighted by Gasteiger charge is -2.28. The third kappa shape index (κ3) is 4.70. The summed E-state index contributed by atoms with van der Waals surface area (Å²) in [5.41, 5.74) is 6.70. The predicted molar refractivity (Wildman–Crippen MR) is 82.5 cm³/mol. The molecule has 21 heavy (non-hydrogen) atoms. The molecule has 0 unspecified atom stereocenters. The molecule has 0 spiro atoms. The molecule has 1 aromatic rings. The molecule has 0 radical (unpaired) electrons. The summed E-state index contributed by atoms with van der Waals surface area (Å²) in [6.45, 7) is 5.33. The van der Waals surface area contributed by atoms with E-state index in [1.807, 2.05) is 19.9 Å². The van der Waals surface area contributed by atoms with Crippen molar-refractivity contribution >= 4 is 11.6 Å². The maximum Gasteiger partial charge on any atom is 0.236 e. The van der Waals surface area contributed by atoms with Crippen molar-refractivity contribution in [2.45, 2.75) is 39.3 Å². The molecule has 4 nitrogen and oxygen atoms in total. The second-order valence-electron chi connectivity index (χ2n) is 6.14. The molecule has 3 N–H and O–H groups in total. The normalized spacial score (nSPS) is 14.5. The number of primary amides is 1. The van der Waals surface area contributed by atoms with Crippen LogP contribution in [0.1, 0.15) is 32.3 Å². The van der Waals surface area contributed by atoms with Crippen LogP contribution in [0.2, 0.25) is 0 Å². The highest BCUT2D eigenvalue weighted by Gasteiger charge is 2.23. The van der Waals surface area contributed by atoms with Gasteiger partial charge in [-0.1, -0.05) is 26.0 Å². The van der Waals surface area contributed by atoms with Gasteiger partial charge in [0.15, 0.2) is 0 Å². The standard InChI is InChI=1S/C16H24FN3O/c1-11(2)9-20(10-15(18)21)16-12(4-3-5-14(16)17)8-19-13-6-7-13/h3-5,11,13,19H,6-10H2,1-2H3,(H2,18,21). The van der Waals surface area contributed by atoms with E-state index in [2.05, 4.69) is 5.32 Å². The summed E-state index contributed by atoms with van der Waals surface area (Å²) < 4.78 is 14.3. The minimum atomic E-state index is -0.444. The highest BCUT2D eigenvalue weighted by atomic mass is 19.1. The van der Waals surface area contributed by atoms with E-state index in [9.17, 15) is 9.18 Å². The van der Waals surface area contributed by atoms with Crippen LogP contribution in [-0.4, -0.2) is 25.0 Å². The molecular formula is C16H24FN3O. The molecular weight excluding hydrogens is 269 g/mol. The average molecular weight is 293 g/mol. The van der Waals surface area contributed by atoms with Crippen LogP contribution in [0.15, 0.2) is 18.2 Å². The number of nitrogens with zero attached hydrogens (tertiary/aromatic N) is 1. The summed E-state index contributed by atoms with van der Waals surface area (Å²) in [6.07, 6.45) is 2.36. The minimum Gasteiger partial charge on any atom is -0.368 e. The lowest BCUT2D eigenvalue weighted by atomic mass is 10.1. The van der Waals surface area contributed by atoms with Crippen LogP contribution < -0.4 is 16.0 Å². The Kier molecular flexibility index (Phi) is 5.17. The number of hydrogen-bond donors (Lipinski definition) is 2. The Morgan fingerprint density at radius 1 is 1.48 bits per heavy atom. The van der Waals surface area contributed by atoms with E-state index >= 15 is 0 Å². The van der Waals surface area contributed by atoms with Gasteiger partial charge >= 0.3 is 0 Å². The van der Waals surface area contributed by atoms with Crippen molar-refractivity contribution in [2.24, 2.45) is 11.7 Å². The second kappa shape index (κ2) is 6.89. The maximum atomic E-state index is 14.3. The molecule has 1 aromatic carbocycles. The van der Waals surface area contributed by atoms with E-state index in [0.717, 1.165) is 5.56 Å². The molecule has 0 aliphatic heterocycles. The molecule has 116 valence electrons. The van der Waals surface area contributed by atoms with Crippen molar-refractivity contribution in [1.29, 1.82) is 0 Å². The van der Waals surface area contributed by atoms with Gasteiger partial charge in [-0.3, -0.25) is 4.79 Å². The van der Waals surface area contributed by atoms with Crippen LogP contribution >= 0.6 is 0 Å². The summed E-state index contributed by atoms with van der Waals surface area (Å²) in [4.78, 5) is 13.1. The third-order valence-electron chi connectivity index (χ3n) is 3.48. The quantitative estimate of drug-likeness (QED) is 0.771. The smallest absolute Gasteiger partial charge is 0.236 e. The largest absolute Gasteiger partial charge is 0.368 e. The van der Waals surface area contributed by atoms with Gasteiger partial charge < -0.3 is 16.0 Å². The first-order valence-corrected chi connectivity index (χ1v) is 7.51. The van der Waals surface area contributed by atoms with E-state index in [-0.39, 0.29) is 12.4 Å². The van der Waals surface area contributed by atoms with E-state index in [0.29, 0.717) is 30.7 Å². The number of anilines is 1. The molecule has 2 rings (SSSR count). The molecule has 1 aliphatic carbocycles. The molecule has 1 aliphatic rings. The van der Waals surface area contributed by atoms with Gasteiger partial charge in [0.25, 0.3) is 0 Å². The van der Waals surface area contributed by atoms with Crippen molar-refractivity contribution in [3.05, 3.63) is 29.6 Å². The first-order valence-electron chi connectivity index (χ1n) is 7.51. The van der Waals surface area contributed by atoms with Crippen molar-refractivity contribution in [1.82, 2.24) is 5.32 Å². The summed E-state index contributed by atoms with van der Waals surface area (Å²) in [6, 6.07) is 5.60. The Balaban J connectivity index is 2.24. The van der Waals surface area contributed by atoms with Crippen molar-refractivity contribution < 1.29 is 9.18 Å². The molecule has 1 amide bonds. The second-order valence-corrected chi connectivity index (χ2v) is 6.14. The number of halogens is 1. The Labute approximate surface area is 125 Å². The van der Waals surface area contributed by atoms with Crippen molar-refractivity contribution in [2.75, 3.05) is 18.0 Å². The topological polar surface area (TPSA) is 58.4 Å². The van der Waals surface area contributed by atoms with Gasteiger partial charge in [-0.25, -0.2) is 4.39 Å². The number of benzene rings is 1. The van der Waals surface area contributed by atoms with Gasteiger partial charge in [0, 0.05) is 19.1 Å². The van der Waals surface area contributed by atoms with Gasteiger partial charge in [0.1, 0.15) is 5.82 Å². The number of para-hydroxylation sites is 1. The van der Waals surface area contributed by atoms with Crippen LogP contribution in [0.5, 0.6) is 0 Å². The molecule has 0 heterocycles. The Hall–Kier alpha value is -1.62. The van der Waals surface area contributed by atoms with Crippen LogP contribution in [-0.2, 0) is 11.3 Å². The lowest BCUT2D eigenvalue weighted by molar-refractivity contribution is -0.116. The van der Waals surface area contributed by atoms with Crippen molar-refractivity contribution in [3.63, 3.8) is 0 Å². The van der Waals surface area contributed by atoms with E-state index in [4.69, 9.17) is 5.73 Å². The highest BCUT2D eigenvalue weighted by Crippen LogP contribution is 2.27. The Bertz CT molecular complexity index is 500. The number of carbonyl (C=O) groups excluding carboxylic acids is 1. The highest BCUT2D eigenvalue weighted by molar-refractivity contribution is 5.80. The Morgan fingerprint density at radius 2 is 2.19 bits per heavy atom. The number of hydrogen-bond acceptors (Lipinski definition) is 3. The number of rotatable bonds is 8. The number of nitrogens with two attached hydrogens (primary N) is 1. The van der Waals surface area contributed by atoms with Crippen LogP contribution in [0.4, 0.5) is 10.1 Å². The zero-order valence-corrected chi connectivity index (χ0v) is 12.7. The van der Waals surface area contributed by atoms with Crippen molar-refractivity contribution in [3.8, 4) is 0 Å². The molecule has 0 saturated heterocycles. The zero-order chi connectivity index (χ0) is 15.4. The molecule has 0 atom stereocenters. The summed E-state index contributed by atoms with van der Waals surface area (Å²) in [5, 5.41) is 3.39. The molecule has 1 fully saturated rings. The number of carbonyl (C=O) groups is 1. The average Bonchev–Trinajstić information content (AvgIpc) is 3.18. The predicted octanol–water partition coefficient (Wildman–Crippen LogP) is 2.03. The third-order valence-corrected chi connectivity index (χ3v) is 3.48. The summed E-state index contributed by atoms with van der Waals surface area (Å²) in [5.74, 6) is -0.430. The number of amides is 1. The molecule has 1 saturated carbocycles. The van der Waals surface area contributed by atoms with Gasteiger partial charge in [-0.15, -0.1) is 0 Å². The molecule has 5 heteroatoms. The van der Waals surface area contributed by atoms with E-state index in [1.165, 1.54) is 18.9 Å². The first-order chi connectivity index (χ1) is 9.97. The van der Waals surface area contributed by atoms with E-state index < -0.39 is 5.91 Å². The fourth-order valence-electron chi connectivity index (χ4n) is 2.46. The van der Waals surface area contributed by atoms with Gasteiger partial charge in [-0.05, 0) is 30.4 Å². The maximum absolute atomic E-state index is 14.3. The van der Waals surface area contributed by atoms with Gasteiger partial charge in [0.2, 0.25) is 5.91 Å². The van der Waals surface area contributed by atoms with E-state index in [1.54, 1.807) is 11.0 Å². The molecule has 0 bridgehead atoms. The van der Waals surface area contributed by atoms with Crippen LogP contribution in [0.25, 0.3) is 0 Å². The minimum absolute atomic E-state index is 0.0372. The zero-order valence-electron chi connectivity index (χ0n) is 12.7. The first kappa shape index (κ1) is 15.8. The molecule has 0 aromatic heterocycles. The Morgan fingerprint density at radius 3 is 2.76 bits per heavy atom. The fourth-order valence-corrected chi connectivity index (χ4v) is 2.46. The summed E-state index contributed by atoms with van der Waals surface area (Å²) in [7, 11) is 0. The summed E-state index contributed by atoms with van der Waals surface area (Å²) >= 11 is 0. The SMILES string of the molecule is CC(C)CN(CC(N)=O)c1c(F)cccc1CNC1CC1. The lowest BCUT2D eigenvalue weighted by Crippen LogP contribution is -2.37. The van der Waals surface area contributed by atoms with Crippen LogP contribution in [0.3, 0.4) is 0 Å². The van der Waals surface area contributed by atoms with Gasteiger partial charge in [-0.2, -0.15) is 0 Å². The van der Waals surface area contributed by atoms with Gasteiger partial charge in [0.05, 0.1) is 12.2 Å². The van der Waals surface area contributed by atoms with Crippen LogP contribution in [0, 0.1) is 11.7 Å². The monoisotopic (exact) mass is 293 g/mol. The fraction of sp³-hybridized carbons (Fsp3) is 0.562.